The molecule has 1 aromatic heterocycles. The predicted octanol–water partition coefficient (Wildman–Crippen LogP) is 2.98. The third kappa shape index (κ3) is 5.97. The van der Waals surface area contributed by atoms with Crippen molar-refractivity contribution in [2.24, 2.45) is 0 Å². The van der Waals surface area contributed by atoms with Crippen molar-refractivity contribution in [2.75, 3.05) is 6.61 Å². The lowest BCUT2D eigenvalue weighted by Crippen LogP contribution is -2.28. The minimum atomic E-state index is -0.568. The maximum absolute atomic E-state index is 13.5. The van der Waals surface area contributed by atoms with E-state index >= 15 is 0 Å². The Morgan fingerprint density at radius 2 is 1.86 bits per heavy atom. The van der Waals surface area contributed by atoms with Gasteiger partial charge in [0.25, 0.3) is 5.91 Å². The van der Waals surface area contributed by atoms with Gasteiger partial charge in [0.2, 0.25) is 11.8 Å². The Hall–Kier alpha value is -3.55. The van der Waals surface area contributed by atoms with Crippen LogP contribution in [0, 0.1) is 12.7 Å². The van der Waals surface area contributed by atoms with Crippen LogP contribution in [-0.4, -0.2) is 28.7 Å². The van der Waals surface area contributed by atoms with E-state index in [0.717, 1.165) is 11.1 Å². The van der Waals surface area contributed by atoms with Crippen LogP contribution in [0.4, 0.5) is 4.39 Å². The van der Waals surface area contributed by atoms with E-state index in [1.165, 1.54) is 6.07 Å². The molecular weight excluding hydrogens is 377 g/mol. The second-order valence-corrected chi connectivity index (χ2v) is 6.40. The van der Waals surface area contributed by atoms with E-state index in [0.29, 0.717) is 17.3 Å². The molecule has 0 saturated carbocycles. The summed E-state index contributed by atoms with van der Waals surface area (Å²) in [6.07, 6.45) is 0.199. The smallest absolute Gasteiger partial charge is 0.306 e. The van der Waals surface area contributed by atoms with Gasteiger partial charge in [0.05, 0.1) is 6.42 Å². The number of hydrogen-bond acceptors (Lipinski definition) is 6. The van der Waals surface area contributed by atoms with Gasteiger partial charge in [0.15, 0.2) is 6.61 Å². The van der Waals surface area contributed by atoms with Gasteiger partial charge in [0.1, 0.15) is 5.82 Å². The third-order valence-corrected chi connectivity index (χ3v) is 4.11. The highest BCUT2D eigenvalue weighted by atomic mass is 19.1. The van der Waals surface area contributed by atoms with Crippen LogP contribution in [0.25, 0.3) is 11.5 Å². The highest BCUT2D eigenvalue weighted by Gasteiger charge is 2.13. The number of aromatic nitrogens is 2. The Balaban J connectivity index is 1.39. The fourth-order valence-corrected chi connectivity index (χ4v) is 2.48. The highest BCUT2D eigenvalue weighted by molar-refractivity contribution is 5.80. The van der Waals surface area contributed by atoms with Crippen LogP contribution >= 0.6 is 0 Å². The van der Waals surface area contributed by atoms with Crippen molar-refractivity contribution >= 4 is 11.9 Å². The molecule has 3 rings (SSSR count). The highest BCUT2D eigenvalue weighted by Crippen LogP contribution is 2.18. The van der Waals surface area contributed by atoms with E-state index < -0.39 is 24.3 Å². The first-order chi connectivity index (χ1) is 14.0. The quantitative estimate of drug-likeness (QED) is 0.587. The molecule has 0 spiro atoms. The first-order valence-corrected chi connectivity index (χ1v) is 9.06. The molecule has 3 aromatic rings. The van der Waals surface area contributed by atoms with Crippen LogP contribution in [0.3, 0.4) is 0 Å². The normalized spacial score (nSPS) is 10.6. The largest absolute Gasteiger partial charge is 0.456 e. The number of halogens is 1. The summed E-state index contributed by atoms with van der Waals surface area (Å²) in [4.78, 5) is 23.6. The van der Waals surface area contributed by atoms with Gasteiger partial charge < -0.3 is 14.5 Å². The molecular formula is C21H20FN3O4. The second kappa shape index (κ2) is 9.59. The molecule has 0 atom stereocenters. The zero-order chi connectivity index (χ0) is 20.6. The van der Waals surface area contributed by atoms with Gasteiger partial charge in [0, 0.05) is 24.1 Å². The van der Waals surface area contributed by atoms with Crippen molar-refractivity contribution < 1.29 is 23.1 Å². The number of esters is 1. The Morgan fingerprint density at radius 1 is 1.10 bits per heavy atom. The molecule has 7 nitrogen and oxygen atoms in total. The molecule has 0 bridgehead atoms. The van der Waals surface area contributed by atoms with Crippen LogP contribution < -0.4 is 5.32 Å². The van der Waals surface area contributed by atoms with Gasteiger partial charge in [-0.2, -0.15) is 0 Å². The van der Waals surface area contributed by atoms with E-state index in [2.05, 4.69) is 15.5 Å². The minimum Gasteiger partial charge on any atom is -0.456 e. The molecule has 2 aromatic carbocycles. The van der Waals surface area contributed by atoms with Gasteiger partial charge >= 0.3 is 5.97 Å². The Bertz CT molecular complexity index is 986. The molecule has 0 fully saturated rings. The first-order valence-electron chi connectivity index (χ1n) is 9.06. The Labute approximate surface area is 166 Å². The fourth-order valence-electron chi connectivity index (χ4n) is 2.48. The molecule has 0 aliphatic carbocycles. The SMILES string of the molecule is Cc1ccc(-c2nnc(CCC(=O)OCC(=O)NCc3ccccc3F)o2)cc1. The third-order valence-electron chi connectivity index (χ3n) is 4.11. The van der Waals surface area contributed by atoms with Crippen molar-refractivity contribution in [3.05, 3.63) is 71.4 Å². The molecule has 150 valence electrons. The van der Waals surface area contributed by atoms with E-state index in [4.69, 9.17) is 9.15 Å². The molecule has 0 aliphatic rings. The van der Waals surface area contributed by atoms with Crippen LogP contribution in [-0.2, 0) is 27.3 Å². The first kappa shape index (κ1) is 20.2. The number of carbonyl (C=O) groups is 2. The average molecular weight is 397 g/mol. The summed E-state index contributed by atoms with van der Waals surface area (Å²) in [5, 5.41) is 10.4. The fraction of sp³-hybridized carbons (Fsp3) is 0.238. The van der Waals surface area contributed by atoms with Gasteiger partial charge in [-0.25, -0.2) is 4.39 Å². The molecule has 0 aliphatic heterocycles. The Morgan fingerprint density at radius 3 is 2.62 bits per heavy atom. The average Bonchev–Trinajstić information content (AvgIpc) is 3.19. The number of benzene rings is 2. The zero-order valence-electron chi connectivity index (χ0n) is 15.9. The van der Waals surface area contributed by atoms with Crippen molar-refractivity contribution in [3.63, 3.8) is 0 Å². The van der Waals surface area contributed by atoms with E-state index in [9.17, 15) is 14.0 Å². The summed E-state index contributed by atoms with van der Waals surface area (Å²) in [7, 11) is 0. The van der Waals surface area contributed by atoms with Crippen LogP contribution in [0.2, 0.25) is 0 Å². The predicted molar refractivity (Wildman–Crippen MR) is 102 cm³/mol. The van der Waals surface area contributed by atoms with E-state index in [1.807, 2.05) is 31.2 Å². The minimum absolute atomic E-state index is 0.00384. The van der Waals surface area contributed by atoms with Gasteiger partial charge in [-0.1, -0.05) is 35.9 Å². The molecule has 0 unspecified atom stereocenters. The molecule has 0 saturated heterocycles. The van der Waals surface area contributed by atoms with E-state index in [-0.39, 0.29) is 19.4 Å². The van der Waals surface area contributed by atoms with Crippen LogP contribution in [0.5, 0.6) is 0 Å². The standard InChI is InChI=1S/C21H20FN3O4/c1-14-6-8-15(9-7-14)21-25-24-19(29-21)10-11-20(27)28-13-18(26)23-12-16-4-2-3-5-17(16)22/h2-9H,10-13H2,1H3,(H,23,26). The summed E-state index contributed by atoms with van der Waals surface area (Å²) >= 11 is 0. The number of carbonyl (C=O) groups excluding carboxylic acids is 2. The number of nitrogens with zero attached hydrogens (tertiary/aromatic N) is 2. The molecule has 1 N–H and O–H groups in total. The molecule has 0 radical (unpaired) electrons. The molecule has 1 heterocycles. The number of nitrogens with one attached hydrogen (secondary N) is 1. The van der Waals surface area contributed by atoms with Crippen molar-refractivity contribution in [1.29, 1.82) is 0 Å². The van der Waals surface area contributed by atoms with Gasteiger partial charge in [-0.15, -0.1) is 10.2 Å². The maximum atomic E-state index is 13.5. The van der Waals surface area contributed by atoms with Gasteiger partial charge in [-0.05, 0) is 25.1 Å². The summed E-state index contributed by atoms with van der Waals surface area (Å²) < 4.78 is 23.9. The number of rotatable bonds is 8. The van der Waals surface area contributed by atoms with Crippen molar-refractivity contribution in [2.45, 2.75) is 26.3 Å². The van der Waals surface area contributed by atoms with Crippen LogP contribution in [0.15, 0.2) is 52.9 Å². The Kier molecular flexibility index (Phi) is 6.67. The number of amides is 1. The van der Waals surface area contributed by atoms with Gasteiger partial charge in [-0.3, -0.25) is 9.59 Å². The lowest BCUT2D eigenvalue weighted by molar-refractivity contribution is -0.148. The van der Waals surface area contributed by atoms with Crippen LogP contribution in [0.1, 0.15) is 23.4 Å². The lowest BCUT2D eigenvalue weighted by Gasteiger charge is -2.07. The summed E-state index contributed by atoms with van der Waals surface area (Å²) in [5.74, 6) is -0.807. The molecule has 29 heavy (non-hydrogen) atoms. The van der Waals surface area contributed by atoms with E-state index in [1.54, 1.807) is 18.2 Å². The molecule has 1 amide bonds. The zero-order valence-corrected chi connectivity index (χ0v) is 15.9. The lowest BCUT2D eigenvalue weighted by atomic mass is 10.1. The monoisotopic (exact) mass is 397 g/mol. The number of ether oxygens (including phenoxy) is 1. The summed E-state index contributed by atoms with van der Waals surface area (Å²) in [5.41, 5.74) is 2.27. The second-order valence-electron chi connectivity index (χ2n) is 6.40. The topological polar surface area (TPSA) is 94.3 Å². The van der Waals surface area contributed by atoms with Crippen molar-refractivity contribution in [3.8, 4) is 11.5 Å². The maximum Gasteiger partial charge on any atom is 0.306 e. The summed E-state index contributed by atoms with van der Waals surface area (Å²) in [6.45, 7) is 1.56. The number of aryl methyl sites for hydroxylation is 2. The molecule has 8 heteroatoms. The number of hydrogen-bond donors (Lipinski definition) is 1. The summed E-state index contributed by atoms with van der Waals surface area (Å²) in [6, 6.07) is 13.7. The van der Waals surface area contributed by atoms with Crippen molar-refractivity contribution in [1.82, 2.24) is 15.5 Å².